The lowest BCUT2D eigenvalue weighted by atomic mass is 10.1. The van der Waals surface area contributed by atoms with E-state index in [0.717, 1.165) is 4.90 Å². The second-order valence-corrected chi connectivity index (χ2v) is 7.94. The largest absolute Gasteiger partial charge is 0.480 e. The molecule has 6 amide bonds. The minimum atomic E-state index is -1.57. The number of rotatable bonds is 14. The van der Waals surface area contributed by atoms with Crippen LogP contribution in [0.25, 0.3) is 0 Å². The van der Waals surface area contributed by atoms with Crippen molar-refractivity contribution in [1.29, 1.82) is 0 Å². The number of carbonyl (C=O) groups is 7. The van der Waals surface area contributed by atoms with E-state index in [0.29, 0.717) is 6.42 Å². The van der Waals surface area contributed by atoms with Crippen LogP contribution in [0.15, 0.2) is 0 Å². The van der Waals surface area contributed by atoms with Crippen molar-refractivity contribution >= 4 is 41.4 Å². The molecule has 1 fully saturated rings. The number of amides is 6. The number of hydrogen-bond donors (Lipinski definition) is 7. The summed E-state index contributed by atoms with van der Waals surface area (Å²) in [6.45, 7) is 0.126. The lowest BCUT2D eigenvalue weighted by molar-refractivity contribution is -0.146. The van der Waals surface area contributed by atoms with Gasteiger partial charge in [-0.2, -0.15) is 0 Å². The molecule has 1 rings (SSSR count). The fourth-order valence-corrected chi connectivity index (χ4v) is 3.42. The summed E-state index contributed by atoms with van der Waals surface area (Å²) in [5.74, 6) is -6.07. The number of hydrogen-bond acceptors (Lipinski definition) is 8. The summed E-state index contributed by atoms with van der Waals surface area (Å²) in [6.07, 6.45) is -0.671. The van der Waals surface area contributed by atoms with Crippen LogP contribution in [-0.2, 0) is 33.6 Å². The first kappa shape index (κ1) is 28.3. The van der Waals surface area contributed by atoms with Gasteiger partial charge < -0.3 is 43.6 Å². The number of aliphatic carboxylic acids is 1. The van der Waals surface area contributed by atoms with E-state index in [-0.39, 0.29) is 38.6 Å². The van der Waals surface area contributed by atoms with E-state index in [1.807, 2.05) is 0 Å². The number of carbonyl (C=O) groups excluding carboxylic acids is 6. The summed E-state index contributed by atoms with van der Waals surface area (Å²) < 4.78 is 0. The molecule has 4 unspecified atom stereocenters. The van der Waals surface area contributed by atoms with Gasteiger partial charge in [-0.05, 0) is 25.7 Å². The third-order valence-electron chi connectivity index (χ3n) is 5.19. The van der Waals surface area contributed by atoms with Crippen molar-refractivity contribution in [3.05, 3.63) is 0 Å². The van der Waals surface area contributed by atoms with Crippen LogP contribution in [0.1, 0.15) is 44.9 Å². The molecule has 0 spiro atoms. The summed E-state index contributed by atoms with van der Waals surface area (Å²) in [7, 11) is 0. The molecule has 11 N–H and O–H groups in total. The van der Waals surface area contributed by atoms with Crippen LogP contribution in [0.5, 0.6) is 0 Å². The van der Waals surface area contributed by atoms with Gasteiger partial charge in [0.1, 0.15) is 18.1 Å². The molecule has 4 atom stereocenters. The summed E-state index contributed by atoms with van der Waals surface area (Å²) in [5, 5.41) is 13.8. The highest BCUT2D eigenvalue weighted by Gasteiger charge is 2.39. The lowest BCUT2D eigenvalue weighted by Crippen LogP contribution is -2.57. The van der Waals surface area contributed by atoms with Crippen LogP contribution in [0.3, 0.4) is 0 Å². The molecule has 15 nitrogen and oxygen atoms in total. The Balaban J connectivity index is 2.97. The number of carboxylic acids is 1. The van der Waals surface area contributed by atoms with Crippen LogP contribution < -0.4 is 33.6 Å². The normalized spacial score (nSPS) is 17.8. The first-order valence-corrected chi connectivity index (χ1v) is 10.6. The average Bonchev–Trinajstić information content (AvgIpc) is 3.23. The molecular weight excluding hydrogens is 454 g/mol. The van der Waals surface area contributed by atoms with Gasteiger partial charge >= 0.3 is 5.97 Å². The number of likely N-dealkylation sites (tertiary alicyclic amines) is 1. The number of primary amides is 3. The molecule has 1 saturated heterocycles. The number of nitrogens with zero attached hydrogens (tertiary/aromatic N) is 1. The third-order valence-corrected chi connectivity index (χ3v) is 5.19. The molecule has 0 saturated carbocycles. The van der Waals surface area contributed by atoms with Crippen LogP contribution in [0.4, 0.5) is 0 Å². The van der Waals surface area contributed by atoms with Crippen molar-refractivity contribution in [2.24, 2.45) is 22.9 Å². The summed E-state index contributed by atoms with van der Waals surface area (Å²) in [4.78, 5) is 83.9. The van der Waals surface area contributed by atoms with Gasteiger partial charge in [0, 0.05) is 19.4 Å². The van der Waals surface area contributed by atoms with Crippen LogP contribution in [0, 0.1) is 0 Å². The van der Waals surface area contributed by atoms with E-state index in [1.165, 1.54) is 0 Å². The maximum absolute atomic E-state index is 13.2. The minimum Gasteiger partial charge on any atom is -0.480 e. The Morgan fingerprint density at radius 1 is 0.882 bits per heavy atom. The summed E-state index contributed by atoms with van der Waals surface area (Å²) in [5.41, 5.74) is 20.9. The molecule has 0 bridgehead atoms. The SMILES string of the molecule is NC(=O)CCC(N)C(=O)NC(CCC(N)=O)C(=O)N1CCCC1C(=O)NC(CC(N)=O)C(=O)O. The predicted molar refractivity (Wildman–Crippen MR) is 115 cm³/mol. The van der Waals surface area contributed by atoms with Crippen molar-refractivity contribution in [2.75, 3.05) is 6.54 Å². The smallest absolute Gasteiger partial charge is 0.326 e. The average molecular weight is 485 g/mol. The van der Waals surface area contributed by atoms with Crippen LogP contribution >= 0.6 is 0 Å². The Kier molecular flexibility index (Phi) is 10.9. The van der Waals surface area contributed by atoms with Crippen LogP contribution in [-0.4, -0.2) is 82.1 Å². The molecule has 0 radical (unpaired) electrons. The summed E-state index contributed by atoms with van der Waals surface area (Å²) >= 11 is 0. The Labute approximate surface area is 194 Å². The Hall–Kier alpha value is -3.75. The number of nitrogens with one attached hydrogen (secondary N) is 2. The van der Waals surface area contributed by atoms with Crippen molar-refractivity contribution in [3.63, 3.8) is 0 Å². The van der Waals surface area contributed by atoms with Gasteiger partial charge in [-0.25, -0.2) is 4.79 Å². The molecule has 0 aromatic carbocycles. The fourth-order valence-electron chi connectivity index (χ4n) is 3.42. The molecule has 0 aromatic heterocycles. The first-order chi connectivity index (χ1) is 15.8. The number of carboxylic acid groups (broad SMARTS) is 1. The molecule has 190 valence electrons. The Morgan fingerprint density at radius 2 is 1.47 bits per heavy atom. The van der Waals surface area contributed by atoms with Gasteiger partial charge in [0.2, 0.25) is 35.4 Å². The maximum Gasteiger partial charge on any atom is 0.326 e. The highest BCUT2D eigenvalue weighted by Crippen LogP contribution is 2.20. The van der Waals surface area contributed by atoms with E-state index in [4.69, 9.17) is 22.9 Å². The molecule has 0 aliphatic carbocycles. The third kappa shape index (κ3) is 9.01. The monoisotopic (exact) mass is 485 g/mol. The van der Waals surface area contributed by atoms with Gasteiger partial charge in [-0.3, -0.25) is 28.8 Å². The lowest BCUT2D eigenvalue weighted by Gasteiger charge is -2.29. The molecular formula is C19H31N7O8. The predicted octanol–water partition coefficient (Wildman–Crippen LogP) is -4.23. The summed E-state index contributed by atoms with van der Waals surface area (Å²) in [6, 6.07) is -5.05. The number of nitrogens with two attached hydrogens (primary N) is 4. The molecule has 15 heteroatoms. The van der Waals surface area contributed by atoms with Gasteiger partial charge in [0.05, 0.1) is 12.5 Å². The van der Waals surface area contributed by atoms with Gasteiger partial charge in [-0.1, -0.05) is 0 Å². The topological polar surface area (TPSA) is 271 Å². The molecule has 1 aliphatic heterocycles. The maximum atomic E-state index is 13.2. The van der Waals surface area contributed by atoms with Gasteiger partial charge in [-0.15, -0.1) is 0 Å². The standard InChI is InChI=1S/C19H31N7O8/c20-9(3-5-13(21)27)16(30)24-10(4-6-14(22)28)18(32)26-7-1-2-12(26)17(31)25-11(19(33)34)8-15(23)29/h9-12H,1-8,20H2,(H2,21,27)(H2,22,28)(H2,23,29)(H,24,30)(H,25,31)(H,33,34). The molecule has 0 aromatic rings. The van der Waals surface area contributed by atoms with E-state index in [9.17, 15) is 38.7 Å². The highest BCUT2D eigenvalue weighted by atomic mass is 16.4. The van der Waals surface area contributed by atoms with E-state index < -0.39 is 72.0 Å². The highest BCUT2D eigenvalue weighted by molar-refractivity contribution is 5.95. The van der Waals surface area contributed by atoms with E-state index in [2.05, 4.69) is 10.6 Å². The molecule has 34 heavy (non-hydrogen) atoms. The first-order valence-electron chi connectivity index (χ1n) is 10.6. The van der Waals surface area contributed by atoms with Crippen molar-refractivity contribution in [2.45, 2.75) is 69.1 Å². The Morgan fingerprint density at radius 3 is 2.00 bits per heavy atom. The van der Waals surface area contributed by atoms with Gasteiger partial charge in [0.15, 0.2) is 0 Å². The van der Waals surface area contributed by atoms with Crippen molar-refractivity contribution < 1.29 is 38.7 Å². The van der Waals surface area contributed by atoms with Crippen molar-refractivity contribution in [3.8, 4) is 0 Å². The fraction of sp³-hybridized carbons (Fsp3) is 0.632. The van der Waals surface area contributed by atoms with Crippen LogP contribution in [0.2, 0.25) is 0 Å². The minimum absolute atomic E-state index is 0.0664. The van der Waals surface area contributed by atoms with E-state index in [1.54, 1.807) is 0 Å². The zero-order valence-electron chi connectivity index (χ0n) is 18.5. The second-order valence-electron chi connectivity index (χ2n) is 7.94. The van der Waals surface area contributed by atoms with Crippen molar-refractivity contribution in [1.82, 2.24) is 15.5 Å². The molecule has 1 heterocycles. The zero-order valence-corrected chi connectivity index (χ0v) is 18.5. The zero-order chi connectivity index (χ0) is 26.0. The molecule has 1 aliphatic rings. The quantitative estimate of drug-likeness (QED) is 0.125. The van der Waals surface area contributed by atoms with Gasteiger partial charge in [0.25, 0.3) is 0 Å². The Bertz CT molecular complexity index is 833. The second kappa shape index (κ2) is 13.1. The van der Waals surface area contributed by atoms with E-state index >= 15 is 0 Å².